The van der Waals surface area contributed by atoms with Gasteiger partial charge in [0.2, 0.25) is 16.9 Å². The quantitative estimate of drug-likeness (QED) is 0.386. The Morgan fingerprint density at radius 3 is 3.00 bits per heavy atom. The van der Waals surface area contributed by atoms with E-state index in [2.05, 4.69) is 20.5 Å². The highest BCUT2D eigenvalue weighted by molar-refractivity contribution is 7.99. The fourth-order valence-electron chi connectivity index (χ4n) is 1.89. The van der Waals surface area contributed by atoms with Crippen molar-refractivity contribution in [1.29, 1.82) is 0 Å². The second-order valence-electron chi connectivity index (χ2n) is 4.70. The molecule has 0 bridgehead atoms. The molecular formula is C14H10FN5O3S2. The maximum Gasteiger partial charge on any atom is 0.306 e. The molecule has 2 heterocycles. The van der Waals surface area contributed by atoms with Crippen LogP contribution in [0.25, 0.3) is 10.7 Å². The van der Waals surface area contributed by atoms with Gasteiger partial charge in [0, 0.05) is 11.8 Å². The predicted octanol–water partition coefficient (Wildman–Crippen LogP) is 3.31. The summed E-state index contributed by atoms with van der Waals surface area (Å²) in [5.41, 5.74) is -0.548. The number of nitrogens with one attached hydrogen (secondary N) is 2. The molecule has 0 aliphatic carbocycles. The van der Waals surface area contributed by atoms with Crippen molar-refractivity contribution in [2.24, 2.45) is 0 Å². The number of nitro benzene ring substituents is 1. The highest BCUT2D eigenvalue weighted by Gasteiger charge is 2.16. The molecule has 0 atom stereocenters. The van der Waals surface area contributed by atoms with Crippen LogP contribution in [-0.2, 0) is 4.79 Å². The topological polar surface area (TPSA) is 114 Å². The molecule has 0 spiro atoms. The number of H-pyrrole nitrogens is 1. The highest BCUT2D eigenvalue weighted by atomic mass is 32.2. The molecule has 0 aliphatic rings. The zero-order valence-electron chi connectivity index (χ0n) is 12.4. The van der Waals surface area contributed by atoms with E-state index in [4.69, 9.17) is 0 Å². The molecule has 0 unspecified atom stereocenters. The Morgan fingerprint density at radius 2 is 2.28 bits per heavy atom. The summed E-state index contributed by atoms with van der Waals surface area (Å²) < 4.78 is 13.3. The molecule has 128 valence electrons. The lowest BCUT2D eigenvalue weighted by atomic mass is 10.2. The summed E-state index contributed by atoms with van der Waals surface area (Å²) in [4.78, 5) is 27.0. The maximum atomic E-state index is 13.3. The Hall–Kier alpha value is -2.79. The Bertz CT molecular complexity index is 913. The van der Waals surface area contributed by atoms with Crippen LogP contribution in [0.4, 0.5) is 15.8 Å². The van der Waals surface area contributed by atoms with Crippen LogP contribution in [0.2, 0.25) is 0 Å². The molecule has 0 fully saturated rings. The van der Waals surface area contributed by atoms with Gasteiger partial charge in [0.25, 0.3) is 0 Å². The lowest BCUT2D eigenvalue weighted by Gasteiger charge is -2.04. The van der Waals surface area contributed by atoms with Crippen LogP contribution in [0.15, 0.2) is 40.9 Å². The number of anilines is 1. The van der Waals surface area contributed by atoms with Crippen LogP contribution < -0.4 is 5.32 Å². The number of halogens is 1. The number of aromatic nitrogens is 3. The fraction of sp³-hybridized carbons (Fsp3) is 0.0714. The van der Waals surface area contributed by atoms with E-state index in [1.807, 2.05) is 17.5 Å². The van der Waals surface area contributed by atoms with Crippen LogP contribution in [0.1, 0.15) is 0 Å². The molecule has 25 heavy (non-hydrogen) atoms. The first-order valence-electron chi connectivity index (χ1n) is 6.86. The average molecular weight is 379 g/mol. The van der Waals surface area contributed by atoms with Gasteiger partial charge < -0.3 is 5.32 Å². The van der Waals surface area contributed by atoms with E-state index in [9.17, 15) is 19.3 Å². The van der Waals surface area contributed by atoms with Gasteiger partial charge in [-0.25, -0.2) is 4.98 Å². The number of hydrogen-bond acceptors (Lipinski definition) is 7. The number of nitro groups is 1. The van der Waals surface area contributed by atoms with Crippen LogP contribution in [-0.4, -0.2) is 31.8 Å². The summed E-state index contributed by atoms with van der Waals surface area (Å²) in [5, 5.41) is 22.3. The molecule has 8 nitrogen and oxygen atoms in total. The number of thioether (sulfide) groups is 1. The van der Waals surface area contributed by atoms with E-state index < -0.39 is 22.3 Å². The zero-order chi connectivity index (χ0) is 17.8. The van der Waals surface area contributed by atoms with Gasteiger partial charge >= 0.3 is 5.69 Å². The van der Waals surface area contributed by atoms with Gasteiger partial charge in [-0.2, -0.15) is 4.39 Å². The van der Waals surface area contributed by atoms with Crippen molar-refractivity contribution < 1.29 is 14.1 Å². The standard InChI is InChI=1S/C14H10FN5O3S2/c15-9-4-3-8(6-10(9)20(22)23)16-12(21)7-25-14-17-13(18-19-14)11-2-1-5-24-11/h1-6H,7H2,(H,16,21)(H,17,18,19). The van der Waals surface area contributed by atoms with Crippen molar-refractivity contribution in [1.82, 2.24) is 15.2 Å². The van der Waals surface area contributed by atoms with Crippen molar-refractivity contribution in [3.63, 3.8) is 0 Å². The number of rotatable bonds is 6. The molecule has 11 heteroatoms. The minimum Gasteiger partial charge on any atom is -0.325 e. The fourth-order valence-corrected chi connectivity index (χ4v) is 3.15. The lowest BCUT2D eigenvalue weighted by Crippen LogP contribution is -2.14. The van der Waals surface area contributed by atoms with Crippen LogP contribution in [0.3, 0.4) is 0 Å². The largest absolute Gasteiger partial charge is 0.325 e. The van der Waals surface area contributed by atoms with Crippen molar-refractivity contribution in [2.45, 2.75) is 5.16 Å². The van der Waals surface area contributed by atoms with E-state index in [-0.39, 0.29) is 11.4 Å². The summed E-state index contributed by atoms with van der Waals surface area (Å²) in [5.74, 6) is -0.743. The molecule has 3 rings (SSSR count). The van der Waals surface area contributed by atoms with E-state index >= 15 is 0 Å². The molecule has 0 aliphatic heterocycles. The van der Waals surface area contributed by atoms with Crippen molar-refractivity contribution in [2.75, 3.05) is 11.1 Å². The van der Waals surface area contributed by atoms with Crippen LogP contribution in [0, 0.1) is 15.9 Å². The first kappa shape index (κ1) is 17.0. The summed E-state index contributed by atoms with van der Waals surface area (Å²) in [6, 6.07) is 6.95. The van der Waals surface area contributed by atoms with Gasteiger partial charge in [0.15, 0.2) is 5.82 Å². The highest BCUT2D eigenvalue weighted by Crippen LogP contribution is 2.24. The number of benzene rings is 1. The summed E-state index contributed by atoms with van der Waals surface area (Å²) in [6.07, 6.45) is 0. The number of amides is 1. The molecule has 3 aromatic rings. The van der Waals surface area contributed by atoms with Crippen molar-refractivity contribution in [3.8, 4) is 10.7 Å². The number of carbonyl (C=O) groups excluding carboxylic acids is 1. The number of thiophene rings is 1. The Balaban J connectivity index is 1.58. The van der Waals surface area contributed by atoms with Gasteiger partial charge in [-0.1, -0.05) is 17.8 Å². The van der Waals surface area contributed by atoms with E-state index in [0.717, 1.165) is 28.8 Å². The Labute approximate surface area is 148 Å². The molecule has 2 aromatic heterocycles. The molecule has 0 saturated heterocycles. The number of hydrogen-bond donors (Lipinski definition) is 2. The third kappa shape index (κ3) is 4.19. The van der Waals surface area contributed by atoms with Crippen molar-refractivity contribution >= 4 is 40.4 Å². The number of carbonyl (C=O) groups is 1. The second kappa shape index (κ2) is 7.40. The van der Waals surface area contributed by atoms with E-state index in [0.29, 0.717) is 11.0 Å². The minimum absolute atomic E-state index is 0.00685. The van der Waals surface area contributed by atoms with Gasteiger partial charge in [0.1, 0.15) is 0 Å². The maximum absolute atomic E-state index is 13.3. The molecular weight excluding hydrogens is 369 g/mol. The molecule has 2 N–H and O–H groups in total. The lowest BCUT2D eigenvalue weighted by molar-refractivity contribution is -0.387. The molecule has 0 saturated carbocycles. The zero-order valence-corrected chi connectivity index (χ0v) is 14.1. The SMILES string of the molecule is O=C(CSc1n[nH]c(-c2cccs2)n1)Nc1ccc(F)c([N+](=O)[O-])c1. The van der Waals surface area contributed by atoms with Crippen molar-refractivity contribution in [3.05, 3.63) is 51.6 Å². The molecule has 1 aromatic carbocycles. The predicted molar refractivity (Wildman–Crippen MR) is 92.1 cm³/mol. The molecule has 0 radical (unpaired) electrons. The summed E-state index contributed by atoms with van der Waals surface area (Å²) in [7, 11) is 0. The first-order chi connectivity index (χ1) is 12.0. The number of aromatic amines is 1. The van der Waals surface area contributed by atoms with Gasteiger partial charge in [0.05, 0.1) is 15.6 Å². The monoisotopic (exact) mass is 379 g/mol. The smallest absolute Gasteiger partial charge is 0.306 e. The van der Waals surface area contributed by atoms with Crippen LogP contribution in [0.5, 0.6) is 0 Å². The summed E-state index contributed by atoms with van der Waals surface area (Å²) in [6.45, 7) is 0. The van der Waals surface area contributed by atoms with E-state index in [1.165, 1.54) is 17.4 Å². The van der Waals surface area contributed by atoms with E-state index in [1.54, 1.807) is 0 Å². The third-order valence-electron chi connectivity index (χ3n) is 2.98. The van der Waals surface area contributed by atoms with Crippen LogP contribution >= 0.6 is 23.1 Å². The average Bonchev–Trinajstić information content (AvgIpc) is 3.25. The van der Waals surface area contributed by atoms with Gasteiger partial charge in [-0.05, 0) is 23.6 Å². The first-order valence-corrected chi connectivity index (χ1v) is 8.72. The normalized spacial score (nSPS) is 10.6. The second-order valence-corrected chi connectivity index (χ2v) is 6.59. The Morgan fingerprint density at radius 1 is 1.44 bits per heavy atom. The minimum atomic E-state index is -0.959. The van der Waals surface area contributed by atoms with Gasteiger partial charge in [-0.15, -0.1) is 16.4 Å². The summed E-state index contributed by atoms with van der Waals surface area (Å²) >= 11 is 2.62. The molecule has 1 amide bonds. The Kier molecular flexibility index (Phi) is 5.05. The van der Waals surface area contributed by atoms with Gasteiger partial charge in [-0.3, -0.25) is 20.0 Å². The third-order valence-corrected chi connectivity index (χ3v) is 4.70. The number of nitrogens with zero attached hydrogens (tertiary/aromatic N) is 3.